The number of ether oxygens (including phenoxy) is 1. The van der Waals surface area contributed by atoms with E-state index in [1.807, 2.05) is 0 Å². The summed E-state index contributed by atoms with van der Waals surface area (Å²) < 4.78 is 4.32. The Morgan fingerprint density at radius 3 is 2.76 bits per heavy atom. The molecule has 4 N–H and O–H groups in total. The zero-order chi connectivity index (χ0) is 13.0. The minimum Gasteiger partial charge on any atom is -0.467 e. The van der Waals surface area contributed by atoms with E-state index in [2.05, 4.69) is 10.1 Å². The second-order valence-electron chi connectivity index (χ2n) is 3.37. The first-order valence-corrected chi connectivity index (χ1v) is 5.67. The minimum atomic E-state index is -1.36. The fraction of sp³-hybridized carbons (Fsp3) is 0.400. The highest BCUT2D eigenvalue weighted by Crippen LogP contribution is 2.22. The van der Waals surface area contributed by atoms with Crippen LogP contribution in [0.25, 0.3) is 0 Å². The van der Waals surface area contributed by atoms with Gasteiger partial charge in [-0.2, -0.15) is 0 Å². The van der Waals surface area contributed by atoms with Crippen molar-refractivity contribution in [3.8, 4) is 0 Å². The molecule has 1 aromatic rings. The van der Waals surface area contributed by atoms with Crippen LogP contribution in [0.15, 0.2) is 6.07 Å². The third kappa shape index (κ3) is 3.43. The van der Waals surface area contributed by atoms with Crippen molar-refractivity contribution in [2.24, 2.45) is 0 Å². The van der Waals surface area contributed by atoms with Crippen molar-refractivity contribution in [1.82, 2.24) is 5.32 Å². The first kappa shape index (κ1) is 13.5. The summed E-state index contributed by atoms with van der Waals surface area (Å²) in [4.78, 5) is 23.8. The molecule has 1 atom stereocenters. The number of anilines is 1. The van der Waals surface area contributed by atoms with Gasteiger partial charge in [-0.05, 0) is 13.0 Å². The van der Waals surface area contributed by atoms with Crippen molar-refractivity contribution >= 4 is 28.9 Å². The summed E-state index contributed by atoms with van der Waals surface area (Å²) in [6.07, 6.45) is -1.36. The molecule has 17 heavy (non-hydrogen) atoms. The van der Waals surface area contributed by atoms with Crippen molar-refractivity contribution in [1.29, 1.82) is 0 Å². The second-order valence-corrected chi connectivity index (χ2v) is 4.63. The summed E-state index contributed by atoms with van der Waals surface area (Å²) in [5, 5.41) is 11.7. The Morgan fingerprint density at radius 1 is 1.65 bits per heavy atom. The number of hydrogen-bond acceptors (Lipinski definition) is 6. The van der Waals surface area contributed by atoms with Gasteiger partial charge < -0.3 is 20.9 Å². The van der Waals surface area contributed by atoms with Gasteiger partial charge in [0.2, 0.25) is 0 Å². The first-order chi connectivity index (χ1) is 7.95. The van der Waals surface area contributed by atoms with Crippen LogP contribution < -0.4 is 11.1 Å². The van der Waals surface area contributed by atoms with Crippen LogP contribution in [0.3, 0.4) is 0 Å². The number of carbonyl (C=O) groups is 2. The molecule has 0 aliphatic heterocycles. The third-order valence-electron chi connectivity index (χ3n) is 2.11. The lowest BCUT2D eigenvalue weighted by Gasteiger charge is -2.08. The van der Waals surface area contributed by atoms with E-state index in [-0.39, 0.29) is 12.5 Å². The van der Waals surface area contributed by atoms with Crippen LogP contribution in [-0.2, 0) is 9.53 Å². The van der Waals surface area contributed by atoms with Gasteiger partial charge >= 0.3 is 5.97 Å². The molecule has 1 aromatic heterocycles. The highest BCUT2D eigenvalue weighted by Gasteiger charge is 2.17. The molecule has 7 heteroatoms. The van der Waals surface area contributed by atoms with Crippen LogP contribution in [0.2, 0.25) is 0 Å². The quantitative estimate of drug-likeness (QED) is 0.655. The summed E-state index contributed by atoms with van der Waals surface area (Å²) in [6.45, 7) is 1.61. The third-order valence-corrected chi connectivity index (χ3v) is 3.17. The molecule has 94 valence electrons. The number of amides is 1. The molecule has 1 amide bonds. The molecule has 0 saturated heterocycles. The fourth-order valence-corrected chi connectivity index (χ4v) is 1.96. The maximum absolute atomic E-state index is 11.6. The standard InChI is InChI=1S/C10H14N2O4S/c1-5-6(11)3-8(17-5)9(14)12-4-7(13)10(15)16-2/h3,7,13H,4,11H2,1-2H3,(H,12,14). The smallest absolute Gasteiger partial charge is 0.336 e. The fourth-order valence-electron chi connectivity index (χ4n) is 1.10. The number of carbonyl (C=O) groups excluding carboxylic acids is 2. The summed E-state index contributed by atoms with van der Waals surface area (Å²) >= 11 is 1.25. The normalized spacial score (nSPS) is 11.9. The zero-order valence-corrected chi connectivity index (χ0v) is 10.3. The molecule has 6 nitrogen and oxygen atoms in total. The molecule has 1 unspecified atom stereocenters. The number of nitrogen functional groups attached to an aromatic ring is 1. The van der Waals surface area contributed by atoms with Gasteiger partial charge in [0.15, 0.2) is 6.10 Å². The Balaban J connectivity index is 2.53. The topological polar surface area (TPSA) is 102 Å². The number of rotatable bonds is 4. The average molecular weight is 258 g/mol. The van der Waals surface area contributed by atoms with Gasteiger partial charge in [-0.25, -0.2) is 4.79 Å². The summed E-state index contributed by atoms with van der Waals surface area (Å²) in [7, 11) is 1.16. The molecule has 0 radical (unpaired) electrons. The van der Waals surface area contributed by atoms with Crippen LogP contribution in [0.1, 0.15) is 14.5 Å². The number of esters is 1. The van der Waals surface area contributed by atoms with Gasteiger partial charge in [-0.3, -0.25) is 4.79 Å². The van der Waals surface area contributed by atoms with Crippen LogP contribution in [0, 0.1) is 6.92 Å². The molecule has 0 aromatic carbocycles. The number of nitrogens with one attached hydrogen (secondary N) is 1. The molecule has 1 rings (SSSR count). The number of methoxy groups -OCH3 is 1. The molecule has 0 aliphatic carbocycles. The van der Waals surface area contributed by atoms with Crippen molar-refractivity contribution in [2.75, 3.05) is 19.4 Å². The van der Waals surface area contributed by atoms with E-state index >= 15 is 0 Å². The van der Waals surface area contributed by atoms with Gasteiger partial charge in [0.25, 0.3) is 5.91 Å². The van der Waals surface area contributed by atoms with Crippen LogP contribution in [-0.4, -0.2) is 36.7 Å². The number of hydrogen-bond donors (Lipinski definition) is 3. The summed E-state index contributed by atoms with van der Waals surface area (Å²) in [6, 6.07) is 1.56. The highest BCUT2D eigenvalue weighted by atomic mass is 32.1. The van der Waals surface area contributed by atoms with Crippen LogP contribution >= 0.6 is 11.3 Å². The Labute approximate surface area is 102 Å². The van der Waals surface area contributed by atoms with Crippen molar-refractivity contribution in [2.45, 2.75) is 13.0 Å². The van der Waals surface area contributed by atoms with Crippen LogP contribution in [0.4, 0.5) is 5.69 Å². The van der Waals surface area contributed by atoms with E-state index in [1.54, 1.807) is 13.0 Å². The molecule has 0 bridgehead atoms. The number of aliphatic hydroxyl groups excluding tert-OH is 1. The lowest BCUT2D eigenvalue weighted by Crippen LogP contribution is -2.36. The van der Waals surface area contributed by atoms with Crippen molar-refractivity contribution in [3.63, 3.8) is 0 Å². The number of aliphatic hydroxyl groups is 1. The lowest BCUT2D eigenvalue weighted by atomic mass is 10.3. The Morgan fingerprint density at radius 2 is 2.29 bits per heavy atom. The van der Waals surface area contributed by atoms with E-state index in [9.17, 15) is 14.7 Å². The van der Waals surface area contributed by atoms with Gasteiger partial charge in [-0.1, -0.05) is 0 Å². The van der Waals surface area contributed by atoms with Crippen molar-refractivity contribution in [3.05, 3.63) is 15.8 Å². The lowest BCUT2D eigenvalue weighted by molar-refractivity contribution is -0.149. The Bertz CT molecular complexity index is 410. The maximum Gasteiger partial charge on any atom is 0.336 e. The number of nitrogens with two attached hydrogens (primary N) is 1. The monoisotopic (exact) mass is 258 g/mol. The van der Waals surface area contributed by atoms with E-state index in [1.165, 1.54) is 11.3 Å². The Kier molecular flexibility index (Phi) is 4.47. The molecular weight excluding hydrogens is 244 g/mol. The van der Waals surface area contributed by atoms with Crippen LogP contribution in [0.5, 0.6) is 0 Å². The number of aryl methyl sites for hydroxylation is 1. The molecule has 1 heterocycles. The molecule has 0 fully saturated rings. The predicted molar refractivity (Wildman–Crippen MR) is 63.8 cm³/mol. The summed E-state index contributed by atoms with van der Waals surface area (Å²) in [5.74, 6) is -1.16. The predicted octanol–water partition coefficient (Wildman–Crippen LogP) is -0.0976. The van der Waals surface area contributed by atoms with Gasteiger partial charge in [0.05, 0.1) is 18.5 Å². The maximum atomic E-state index is 11.6. The van der Waals surface area contributed by atoms with Gasteiger partial charge in [0.1, 0.15) is 0 Å². The van der Waals surface area contributed by atoms with Gasteiger partial charge in [0, 0.05) is 10.6 Å². The van der Waals surface area contributed by atoms with E-state index in [0.717, 1.165) is 12.0 Å². The molecular formula is C10H14N2O4S. The van der Waals surface area contributed by atoms with E-state index in [0.29, 0.717) is 10.6 Å². The Hall–Kier alpha value is -1.60. The first-order valence-electron chi connectivity index (χ1n) is 4.85. The average Bonchev–Trinajstić information content (AvgIpc) is 2.65. The molecule has 0 saturated carbocycles. The minimum absolute atomic E-state index is 0.192. The van der Waals surface area contributed by atoms with E-state index in [4.69, 9.17) is 5.73 Å². The largest absolute Gasteiger partial charge is 0.467 e. The second kappa shape index (κ2) is 5.65. The molecule has 0 aliphatic rings. The van der Waals surface area contributed by atoms with Gasteiger partial charge in [-0.15, -0.1) is 11.3 Å². The SMILES string of the molecule is COC(=O)C(O)CNC(=O)c1cc(N)c(C)s1. The zero-order valence-electron chi connectivity index (χ0n) is 9.52. The number of thiophene rings is 1. The van der Waals surface area contributed by atoms with E-state index < -0.39 is 12.1 Å². The molecule has 0 spiro atoms. The summed E-state index contributed by atoms with van der Waals surface area (Å²) in [5.41, 5.74) is 6.16. The van der Waals surface area contributed by atoms with Crippen molar-refractivity contribution < 1.29 is 19.4 Å². The highest BCUT2D eigenvalue weighted by molar-refractivity contribution is 7.14.